The molecule has 0 saturated heterocycles. The van der Waals surface area contributed by atoms with E-state index >= 15 is 0 Å². The number of imidazole rings is 1. The van der Waals surface area contributed by atoms with E-state index in [0.29, 0.717) is 24.2 Å². The minimum atomic E-state index is -0.146. The van der Waals surface area contributed by atoms with E-state index in [1.807, 2.05) is 12.1 Å². The van der Waals surface area contributed by atoms with Gasteiger partial charge in [0.1, 0.15) is 11.3 Å². The first-order chi connectivity index (χ1) is 14.7. The summed E-state index contributed by atoms with van der Waals surface area (Å²) in [6, 6.07) is 20.8. The Bertz CT molecular complexity index is 1220. The summed E-state index contributed by atoms with van der Waals surface area (Å²) in [6.07, 6.45) is 2.51. The Balaban J connectivity index is 1.47. The molecule has 1 amide bonds. The Morgan fingerprint density at radius 1 is 1.10 bits per heavy atom. The van der Waals surface area contributed by atoms with Crippen molar-refractivity contribution in [3.05, 3.63) is 83.6 Å². The van der Waals surface area contributed by atoms with Gasteiger partial charge >= 0.3 is 0 Å². The number of benzene rings is 2. The van der Waals surface area contributed by atoms with Crippen molar-refractivity contribution in [3.63, 3.8) is 0 Å². The lowest BCUT2D eigenvalue weighted by atomic mass is 10.1. The molecule has 6 nitrogen and oxygen atoms in total. The summed E-state index contributed by atoms with van der Waals surface area (Å²) in [6.45, 7) is 3.27. The average Bonchev–Trinajstić information content (AvgIpc) is 3.15. The van der Waals surface area contributed by atoms with Gasteiger partial charge in [-0.25, -0.2) is 9.97 Å². The highest BCUT2D eigenvalue weighted by Gasteiger charge is 2.13. The maximum atomic E-state index is 12.3. The number of carbonyl (C=O) groups is 1. The van der Waals surface area contributed by atoms with E-state index in [1.165, 1.54) is 5.56 Å². The Morgan fingerprint density at radius 2 is 1.87 bits per heavy atom. The van der Waals surface area contributed by atoms with Crippen molar-refractivity contribution < 1.29 is 4.79 Å². The number of amides is 1. The van der Waals surface area contributed by atoms with Crippen LogP contribution >= 0.6 is 0 Å². The number of nitrogens with one attached hydrogen (secondary N) is 1. The predicted octanol–water partition coefficient (Wildman–Crippen LogP) is 4.10. The minimum absolute atomic E-state index is 0.146. The van der Waals surface area contributed by atoms with Crippen LogP contribution < -0.4 is 5.32 Å². The summed E-state index contributed by atoms with van der Waals surface area (Å²) >= 11 is 0. The Hall–Kier alpha value is -3.98. The summed E-state index contributed by atoms with van der Waals surface area (Å²) in [4.78, 5) is 21.6. The molecule has 2 aromatic carbocycles. The van der Waals surface area contributed by atoms with E-state index < -0.39 is 0 Å². The second kappa shape index (κ2) is 8.58. The number of pyridine rings is 1. The van der Waals surface area contributed by atoms with E-state index in [2.05, 4.69) is 52.1 Å². The molecule has 4 aromatic rings. The molecule has 0 fully saturated rings. The SMILES string of the molecule is Cc1ccc(-c2nc3cccnc3n2CCCNC(=O)c2ccc(C#N)cc2)cc1. The highest BCUT2D eigenvalue weighted by atomic mass is 16.1. The lowest BCUT2D eigenvalue weighted by molar-refractivity contribution is 0.0953. The summed E-state index contributed by atoms with van der Waals surface area (Å²) in [5, 5.41) is 11.8. The van der Waals surface area contributed by atoms with Gasteiger partial charge in [-0.2, -0.15) is 5.26 Å². The molecule has 0 unspecified atom stereocenters. The number of hydrogen-bond donors (Lipinski definition) is 1. The first kappa shape index (κ1) is 19.3. The van der Waals surface area contributed by atoms with Crippen LogP contribution in [0, 0.1) is 18.3 Å². The van der Waals surface area contributed by atoms with Crippen molar-refractivity contribution in [2.45, 2.75) is 19.9 Å². The molecule has 1 N–H and O–H groups in total. The van der Waals surface area contributed by atoms with Crippen LogP contribution in [0.2, 0.25) is 0 Å². The molecular formula is C24H21N5O. The number of hydrogen-bond acceptors (Lipinski definition) is 4. The summed E-state index contributed by atoms with van der Waals surface area (Å²) in [5.74, 6) is 0.731. The predicted molar refractivity (Wildman–Crippen MR) is 116 cm³/mol. The summed E-state index contributed by atoms with van der Waals surface area (Å²) in [7, 11) is 0. The van der Waals surface area contributed by atoms with E-state index in [0.717, 1.165) is 29.0 Å². The Kier molecular flexibility index (Phi) is 5.53. The van der Waals surface area contributed by atoms with Crippen LogP contribution in [0.15, 0.2) is 66.9 Å². The highest BCUT2D eigenvalue weighted by molar-refractivity contribution is 5.94. The minimum Gasteiger partial charge on any atom is -0.352 e. The molecule has 0 aliphatic rings. The molecule has 0 spiro atoms. The van der Waals surface area contributed by atoms with Crippen LogP contribution in [0.5, 0.6) is 0 Å². The summed E-state index contributed by atoms with van der Waals surface area (Å²) < 4.78 is 2.11. The second-order valence-electron chi connectivity index (χ2n) is 7.10. The van der Waals surface area contributed by atoms with Crippen molar-refractivity contribution in [2.75, 3.05) is 6.54 Å². The molecular weight excluding hydrogens is 374 g/mol. The zero-order valence-corrected chi connectivity index (χ0v) is 16.7. The standard InChI is InChI=1S/C24H21N5O/c1-17-5-9-19(10-6-17)22-28-21-4-2-13-26-23(21)29(22)15-3-14-27-24(30)20-11-7-18(16-25)8-12-20/h2,4-13H,3,14-15H2,1H3,(H,27,30). The number of fused-ring (bicyclic) bond motifs is 1. The molecule has 0 aliphatic carbocycles. The van der Waals surface area contributed by atoms with Gasteiger partial charge in [-0.1, -0.05) is 29.8 Å². The van der Waals surface area contributed by atoms with Crippen LogP contribution in [-0.4, -0.2) is 27.0 Å². The molecule has 2 heterocycles. The fourth-order valence-corrected chi connectivity index (χ4v) is 3.33. The number of nitrogens with zero attached hydrogens (tertiary/aromatic N) is 4. The lowest BCUT2D eigenvalue weighted by Gasteiger charge is -2.10. The lowest BCUT2D eigenvalue weighted by Crippen LogP contribution is -2.25. The van der Waals surface area contributed by atoms with E-state index in [4.69, 9.17) is 10.2 Å². The zero-order valence-electron chi connectivity index (χ0n) is 16.7. The van der Waals surface area contributed by atoms with Crippen molar-refractivity contribution >= 4 is 17.1 Å². The van der Waals surface area contributed by atoms with Gasteiger partial charge in [0.05, 0.1) is 11.6 Å². The molecule has 0 atom stereocenters. The van der Waals surface area contributed by atoms with Crippen molar-refractivity contribution in [3.8, 4) is 17.5 Å². The molecule has 0 saturated carbocycles. The molecule has 0 aliphatic heterocycles. The van der Waals surface area contributed by atoms with Gasteiger partial charge < -0.3 is 9.88 Å². The quantitative estimate of drug-likeness (QED) is 0.498. The van der Waals surface area contributed by atoms with Crippen LogP contribution in [0.3, 0.4) is 0 Å². The van der Waals surface area contributed by atoms with Crippen molar-refractivity contribution in [2.24, 2.45) is 0 Å². The highest BCUT2D eigenvalue weighted by Crippen LogP contribution is 2.24. The third-order valence-electron chi connectivity index (χ3n) is 4.93. The van der Waals surface area contributed by atoms with Crippen molar-refractivity contribution in [1.29, 1.82) is 5.26 Å². The molecule has 4 rings (SSSR count). The molecule has 0 radical (unpaired) electrons. The first-order valence-corrected chi connectivity index (χ1v) is 9.82. The number of aryl methyl sites for hydroxylation is 2. The Morgan fingerprint density at radius 3 is 2.60 bits per heavy atom. The second-order valence-corrected chi connectivity index (χ2v) is 7.10. The van der Waals surface area contributed by atoms with Gasteiger partial charge in [0.25, 0.3) is 5.91 Å². The number of nitriles is 1. The molecule has 6 heteroatoms. The van der Waals surface area contributed by atoms with Crippen molar-refractivity contribution in [1.82, 2.24) is 19.9 Å². The molecule has 0 bridgehead atoms. The Labute approximate surface area is 174 Å². The number of carbonyl (C=O) groups excluding carboxylic acids is 1. The van der Waals surface area contributed by atoms with Crippen LogP contribution in [0.25, 0.3) is 22.6 Å². The van der Waals surface area contributed by atoms with Gasteiger partial charge in [0, 0.05) is 30.4 Å². The van der Waals surface area contributed by atoms with Gasteiger partial charge in [-0.05, 0) is 49.7 Å². The fraction of sp³-hybridized carbons (Fsp3) is 0.167. The monoisotopic (exact) mass is 395 g/mol. The largest absolute Gasteiger partial charge is 0.352 e. The van der Waals surface area contributed by atoms with Gasteiger partial charge in [-0.15, -0.1) is 0 Å². The molecule has 148 valence electrons. The molecule has 2 aromatic heterocycles. The average molecular weight is 395 g/mol. The van der Waals surface area contributed by atoms with E-state index in [-0.39, 0.29) is 5.91 Å². The van der Waals surface area contributed by atoms with E-state index in [1.54, 1.807) is 30.5 Å². The fourth-order valence-electron chi connectivity index (χ4n) is 3.33. The smallest absolute Gasteiger partial charge is 0.251 e. The maximum Gasteiger partial charge on any atom is 0.251 e. The summed E-state index contributed by atoms with van der Waals surface area (Å²) in [5.41, 5.74) is 5.02. The van der Waals surface area contributed by atoms with Gasteiger partial charge in [0.2, 0.25) is 0 Å². The third kappa shape index (κ3) is 4.06. The number of aromatic nitrogens is 3. The van der Waals surface area contributed by atoms with Gasteiger partial charge in [0.15, 0.2) is 5.65 Å². The zero-order chi connectivity index (χ0) is 20.9. The van der Waals surface area contributed by atoms with Gasteiger partial charge in [-0.3, -0.25) is 4.79 Å². The normalized spacial score (nSPS) is 10.7. The first-order valence-electron chi connectivity index (χ1n) is 9.82. The van der Waals surface area contributed by atoms with E-state index in [9.17, 15) is 4.79 Å². The maximum absolute atomic E-state index is 12.3. The van der Waals surface area contributed by atoms with Crippen LogP contribution in [0.4, 0.5) is 0 Å². The number of rotatable bonds is 6. The third-order valence-corrected chi connectivity index (χ3v) is 4.93. The topological polar surface area (TPSA) is 83.6 Å². The van der Waals surface area contributed by atoms with Crippen LogP contribution in [0.1, 0.15) is 27.9 Å². The van der Waals surface area contributed by atoms with Crippen LogP contribution in [-0.2, 0) is 6.54 Å². The molecule has 30 heavy (non-hydrogen) atoms.